The predicted octanol–water partition coefficient (Wildman–Crippen LogP) is 2.18. The van der Waals surface area contributed by atoms with E-state index in [1.807, 2.05) is 6.92 Å². The van der Waals surface area contributed by atoms with Gasteiger partial charge in [-0.25, -0.2) is 9.97 Å². The summed E-state index contributed by atoms with van der Waals surface area (Å²) in [6.07, 6.45) is 2.88. The van der Waals surface area contributed by atoms with Crippen LogP contribution in [0.15, 0.2) is 6.07 Å². The molecule has 1 saturated carbocycles. The molecule has 0 atom stereocenters. The van der Waals surface area contributed by atoms with Gasteiger partial charge in [-0.1, -0.05) is 11.6 Å². The molecule has 1 aromatic rings. The molecule has 4 nitrogen and oxygen atoms in total. The Kier molecular flexibility index (Phi) is 2.86. The first-order valence-corrected chi connectivity index (χ1v) is 5.32. The number of hydrogen-bond acceptors (Lipinski definition) is 3. The van der Waals surface area contributed by atoms with Gasteiger partial charge in [0.1, 0.15) is 5.15 Å². The van der Waals surface area contributed by atoms with Gasteiger partial charge in [-0.15, -0.1) is 0 Å². The van der Waals surface area contributed by atoms with Crippen molar-refractivity contribution in [3.05, 3.63) is 16.9 Å². The second kappa shape index (κ2) is 4.14. The molecule has 80 valence electrons. The van der Waals surface area contributed by atoms with E-state index in [9.17, 15) is 4.79 Å². The lowest BCUT2D eigenvalue weighted by atomic mass is 10.3. The molecule has 1 amide bonds. The van der Waals surface area contributed by atoms with Crippen molar-refractivity contribution in [2.45, 2.75) is 26.2 Å². The maximum atomic E-state index is 11.5. The third-order valence-corrected chi connectivity index (χ3v) is 2.44. The highest BCUT2D eigenvalue weighted by atomic mass is 35.5. The first-order valence-electron chi connectivity index (χ1n) is 4.94. The van der Waals surface area contributed by atoms with Crippen LogP contribution in [-0.4, -0.2) is 15.9 Å². The van der Waals surface area contributed by atoms with Crippen molar-refractivity contribution < 1.29 is 4.79 Å². The molecule has 0 saturated heterocycles. The van der Waals surface area contributed by atoms with Crippen molar-refractivity contribution in [1.82, 2.24) is 9.97 Å². The molecular formula is C10H12ClN3O. The van der Waals surface area contributed by atoms with Crippen molar-refractivity contribution in [3.8, 4) is 0 Å². The normalized spacial score (nSPS) is 15.1. The second-order valence-electron chi connectivity index (χ2n) is 3.85. The molecule has 1 fully saturated rings. The van der Waals surface area contributed by atoms with Crippen LogP contribution in [0.2, 0.25) is 5.15 Å². The average molecular weight is 226 g/mol. The number of amides is 1. The quantitative estimate of drug-likeness (QED) is 0.803. The molecule has 0 aromatic carbocycles. The largest absolute Gasteiger partial charge is 0.294 e. The van der Waals surface area contributed by atoms with E-state index in [4.69, 9.17) is 11.6 Å². The van der Waals surface area contributed by atoms with Gasteiger partial charge in [-0.05, 0) is 31.7 Å². The Hall–Kier alpha value is -1.16. The number of nitrogens with zero attached hydrogens (tertiary/aromatic N) is 2. The van der Waals surface area contributed by atoms with Crippen LogP contribution in [-0.2, 0) is 4.79 Å². The number of nitrogens with one attached hydrogen (secondary N) is 1. The first-order chi connectivity index (χ1) is 7.13. The number of hydrogen-bond donors (Lipinski definition) is 1. The van der Waals surface area contributed by atoms with Crippen molar-refractivity contribution in [2.75, 3.05) is 5.32 Å². The number of halogens is 1. The third kappa shape index (κ3) is 3.16. The Labute approximate surface area is 93.1 Å². The Morgan fingerprint density at radius 2 is 2.33 bits per heavy atom. The summed E-state index contributed by atoms with van der Waals surface area (Å²) in [5.41, 5.74) is 0.747. The van der Waals surface area contributed by atoms with Gasteiger partial charge >= 0.3 is 0 Å². The van der Waals surface area contributed by atoms with E-state index >= 15 is 0 Å². The van der Waals surface area contributed by atoms with Crippen LogP contribution in [0, 0.1) is 12.8 Å². The Balaban J connectivity index is 1.99. The second-order valence-corrected chi connectivity index (χ2v) is 4.24. The van der Waals surface area contributed by atoms with E-state index in [0.29, 0.717) is 23.4 Å². The van der Waals surface area contributed by atoms with Crippen LogP contribution < -0.4 is 5.32 Å². The van der Waals surface area contributed by atoms with E-state index in [1.165, 1.54) is 0 Å². The minimum Gasteiger partial charge on any atom is -0.294 e. The first kappa shape index (κ1) is 10.4. The van der Waals surface area contributed by atoms with Gasteiger partial charge in [0.25, 0.3) is 0 Å². The molecule has 1 heterocycles. The summed E-state index contributed by atoms with van der Waals surface area (Å²) in [7, 11) is 0. The molecular weight excluding hydrogens is 214 g/mol. The molecule has 1 N–H and O–H groups in total. The monoisotopic (exact) mass is 225 g/mol. The van der Waals surface area contributed by atoms with Gasteiger partial charge in [-0.2, -0.15) is 0 Å². The number of carbonyl (C=O) groups excluding carboxylic acids is 1. The molecule has 0 unspecified atom stereocenters. The van der Waals surface area contributed by atoms with Crippen LogP contribution in [0.3, 0.4) is 0 Å². The van der Waals surface area contributed by atoms with Crippen molar-refractivity contribution in [3.63, 3.8) is 0 Å². The number of rotatable bonds is 3. The number of anilines is 1. The maximum Gasteiger partial charge on any atom is 0.231 e. The molecule has 5 heteroatoms. The molecule has 2 rings (SSSR count). The number of carbonyl (C=O) groups is 1. The van der Waals surface area contributed by atoms with Crippen molar-refractivity contribution >= 4 is 23.5 Å². The molecule has 1 aliphatic carbocycles. The van der Waals surface area contributed by atoms with Gasteiger partial charge in [0.15, 0.2) is 0 Å². The zero-order chi connectivity index (χ0) is 10.8. The van der Waals surface area contributed by atoms with Gasteiger partial charge < -0.3 is 0 Å². The molecule has 0 aliphatic heterocycles. The average Bonchev–Trinajstić information content (AvgIpc) is 2.85. The predicted molar refractivity (Wildman–Crippen MR) is 57.7 cm³/mol. The van der Waals surface area contributed by atoms with E-state index in [1.54, 1.807) is 6.07 Å². The Morgan fingerprint density at radius 1 is 1.60 bits per heavy atom. The maximum absolute atomic E-state index is 11.5. The summed E-state index contributed by atoms with van der Waals surface area (Å²) in [5, 5.41) is 3.00. The fourth-order valence-corrected chi connectivity index (χ4v) is 1.58. The van der Waals surface area contributed by atoms with E-state index < -0.39 is 0 Å². The molecule has 15 heavy (non-hydrogen) atoms. The summed E-state index contributed by atoms with van der Waals surface area (Å²) in [5.74, 6) is 0.829. The fraction of sp³-hybridized carbons (Fsp3) is 0.500. The highest BCUT2D eigenvalue weighted by molar-refractivity contribution is 6.29. The van der Waals surface area contributed by atoms with Gasteiger partial charge in [-0.3, -0.25) is 10.1 Å². The third-order valence-electron chi connectivity index (χ3n) is 2.25. The Bertz CT molecular complexity index is 370. The van der Waals surface area contributed by atoms with Crippen molar-refractivity contribution in [1.29, 1.82) is 0 Å². The van der Waals surface area contributed by atoms with Gasteiger partial charge in [0.2, 0.25) is 11.9 Å². The zero-order valence-corrected chi connectivity index (χ0v) is 9.21. The molecule has 1 aromatic heterocycles. The molecule has 1 aliphatic rings. The van der Waals surface area contributed by atoms with Crippen LogP contribution in [0.5, 0.6) is 0 Å². The van der Waals surface area contributed by atoms with E-state index in [-0.39, 0.29) is 5.91 Å². The highest BCUT2D eigenvalue weighted by Crippen LogP contribution is 2.32. The van der Waals surface area contributed by atoms with E-state index in [2.05, 4.69) is 15.3 Å². The molecule has 0 bridgehead atoms. The number of aryl methyl sites for hydroxylation is 1. The van der Waals surface area contributed by atoms with Crippen LogP contribution in [0.4, 0.5) is 5.95 Å². The lowest BCUT2D eigenvalue weighted by Gasteiger charge is -2.03. The minimum absolute atomic E-state index is 0.0285. The van der Waals surface area contributed by atoms with Crippen LogP contribution in [0.25, 0.3) is 0 Å². The van der Waals surface area contributed by atoms with E-state index in [0.717, 1.165) is 18.5 Å². The van der Waals surface area contributed by atoms with Crippen LogP contribution in [0.1, 0.15) is 25.0 Å². The lowest BCUT2D eigenvalue weighted by molar-refractivity contribution is -0.116. The standard InChI is InChI=1S/C10H12ClN3O/c1-6-4-8(11)13-10(12-6)14-9(15)5-7-2-3-7/h4,7H,2-3,5H2,1H3,(H,12,13,14,15). The zero-order valence-electron chi connectivity index (χ0n) is 8.46. The van der Waals surface area contributed by atoms with Crippen molar-refractivity contribution in [2.24, 2.45) is 5.92 Å². The summed E-state index contributed by atoms with van der Waals surface area (Å²) in [6.45, 7) is 1.81. The summed E-state index contributed by atoms with van der Waals surface area (Å²) in [6, 6.07) is 1.65. The topological polar surface area (TPSA) is 54.9 Å². The molecule has 0 radical (unpaired) electrons. The minimum atomic E-state index is -0.0285. The fourth-order valence-electron chi connectivity index (χ4n) is 1.35. The summed E-state index contributed by atoms with van der Waals surface area (Å²) in [4.78, 5) is 19.4. The summed E-state index contributed by atoms with van der Waals surface area (Å²) < 4.78 is 0. The summed E-state index contributed by atoms with van der Waals surface area (Å²) >= 11 is 5.75. The molecule has 0 spiro atoms. The highest BCUT2D eigenvalue weighted by Gasteiger charge is 2.24. The SMILES string of the molecule is Cc1cc(Cl)nc(NC(=O)CC2CC2)n1. The Morgan fingerprint density at radius 3 is 2.93 bits per heavy atom. The smallest absolute Gasteiger partial charge is 0.231 e. The lowest BCUT2D eigenvalue weighted by Crippen LogP contribution is -2.14. The van der Waals surface area contributed by atoms with Gasteiger partial charge in [0, 0.05) is 12.1 Å². The number of aromatic nitrogens is 2. The van der Waals surface area contributed by atoms with Gasteiger partial charge in [0.05, 0.1) is 0 Å². The van der Waals surface area contributed by atoms with Crippen LogP contribution >= 0.6 is 11.6 Å².